The van der Waals surface area contributed by atoms with Gasteiger partial charge in [-0.1, -0.05) is 24.6 Å². The second-order valence-electron chi connectivity index (χ2n) is 6.73. The average molecular weight is 328 g/mol. The summed E-state index contributed by atoms with van der Waals surface area (Å²) < 4.78 is 1.99. The lowest BCUT2D eigenvalue weighted by atomic mass is 9.98. The number of benzene rings is 1. The number of fused-ring (bicyclic) bond motifs is 1. The molecule has 0 unspecified atom stereocenters. The van der Waals surface area contributed by atoms with E-state index in [1.165, 1.54) is 19.3 Å². The summed E-state index contributed by atoms with van der Waals surface area (Å²) >= 11 is 0. The molecular weight excluding hydrogens is 300 g/mol. The number of carbonyl (C=O) groups is 1. The minimum Gasteiger partial charge on any atom is -0.350 e. The normalized spacial score (nSPS) is 18.8. The van der Waals surface area contributed by atoms with E-state index in [0.717, 1.165) is 36.1 Å². The van der Waals surface area contributed by atoms with Gasteiger partial charge in [-0.3, -0.25) is 9.48 Å². The lowest BCUT2D eigenvalue weighted by Gasteiger charge is -2.32. The van der Waals surface area contributed by atoms with Crippen molar-refractivity contribution in [1.82, 2.24) is 20.0 Å². The molecule has 5 nitrogen and oxygen atoms in total. The molecule has 0 radical (unpaired) electrons. The number of likely N-dealkylation sites (tertiary alicyclic amines) is 1. The second-order valence-corrected chi connectivity index (χ2v) is 6.73. The minimum atomic E-state index is 0.129. The maximum atomic E-state index is 12.2. The molecule has 1 aliphatic heterocycles. The summed E-state index contributed by atoms with van der Waals surface area (Å²) in [6.07, 6.45) is 5.34. The second kappa shape index (κ2) is 7.79. The summed E-state index contributed by atoms with van der Waals surface area (Å²) in [6.45, 7) is 4.59. The van der Waals surface area contributed by atoms with Crippen LogP contribution in [0.5, 0.6) is 0 Å². The summed E-state index contributed by atoms with van der Waals surface area (Å²) in [6, 6.07) is 8.76. The lowest BCUT2D eigenvalue weighted by molar-refractivity contribution is -0.121. The third-order valence-corrected chi connectivity index (χ3v) is 5.11. The van der Waals surface area contributed by atoms with Crippen LogP contribution in [-0.4, -0.2) is 40.2 Å². The summed E-state index contributed by atoms with van der Waals surface area (Å²) in [4.78, 5) is 14.6. The first-order valence-electron chi connectivity index (χ1n) is 9.10. The fourth-order valence-electron chi connectivity index (χ4n) is 3.65. The number of carbonyl (C=O) groups excluding carboxylic acids is 1. The average Bonchev–Trinajstić information content (AvgIpc) is 2.97. The Morgan fingerprint density at radius 1 is 1.33 bits per heavy atom. The van der Waals surface area contributed by atoms with Crippen molar-refractivity contribution >= 4 is 16.8 Å². The topological polar surface area (TPSA) is 50.2 Å². The van der Waals surface area contributed by atoms with Crippen molar-refractivity contribution in [2.24, 2.45) is 0 Å². The molecule has 24 heavy (non-hydrogen) atoms. The molecular formula is C19H28N4O. The number of rotatable bonds is 6. The van der Waals surface area contributed by atoms with Crippen LogP contribution in [0, 0.1) is 0 Å². The summed E-state index contributed by atoms with van der Waals surface area (Å²) in [5.74, 6) is 0.129. The SMILES string of the molecule is CCn1nc(CNC(=O)CC[C@@H]2CCCCN2C)c2ccccc21. The highest BCUT2D eigenvalue weighted by Crippen LogP contribution is 2.20. The van der Waals surface area contributed by atoms with E-state index >= 15 is 0 Å². The van der Waals surface area contributed by atoms with E-state index in [0.29, 0.717) is 19.0 Å². The Balaban J connectivity index is 1.55. The van der Waals surface area contributed by atoms with E-state index < -0.39 is 0 Å². The zero-order valence-corrected chi connectivity index (χ0v) is 14.8. The van der Waals surface area contributed by atoms with Crippen LogP contribution in [-0.2, 0) is 17.9 Å². The molecule has 5 heteroatoms. The van der Waals surface area contributed by atoms with Crippen LogP contribution < -0.4 is 5.32 Å². The van der Waals surface area contributed by atoms with E-state index in [1.54, 1.807) is 0 Å². The molecule has 0 saturated carbocycles. The van der Waals surface area contributed by atoms with Gasteiger partial charge in [-0.2, -0.15) is 5.10 Å². The molecule has 0 spiro atoms. The van der Waals surface area contributed by atoms with Gasteiger partial charge >= 0.3 is 0 Å². The zero-order chi connectivity index (χ0) is 16.9. The van der Waals surface area contributed by atoms with Gasteiger partial charge in [0.2, 0.25) is 5.91 Å². The summed E-state index contributed by atoms with van der Waals surface area (Å²) in [5.41, 5.74) is 2.09. The van der Waals surface area contributed by atoms with Crippen LogP contribution in [0.3, 0.4) is 0 Å². The Hall–Kier alpha value is -1.88. The van der Waals surface area contributed by atoms with Crippen LogP contribution in [0.2, 0.25) is 0 Å². The number of aromatic nitrogens is 2. The number of hydrogen-bond acceptors (Lipinski definition) is 3. The maximum Gasteiger partial charge on any atom is 0.220 e. The van der Waals surface area contributed by atoms with Crippen molar-refractivity contribution in [3.05, 3.63) is 30.0 Å². The summed E-state index contributed by atoms with van der Waals surface area (Å²) in [7, 11) is 2.17. The molecule has 1 atom stereocenters. The molecule has 2 aromatic rings. The van der Waals surface area contributed by atoms with Crippen molar-refractivity contribution in [2.75, 3.05) is 13.6 Å². The Morgan fingerprint density at radius 3 is 2.96 bits per heavy atom. The predicted octanol–water partition coefficient (Wildman–Crippen LogP) is 2.94. The van der Waals surface area contributed by atoms with Crippen molar-refractivity contribution in [2.45, 2.75) is 58.2 Å². The van der Waals surface area contributed by atoms with E-state index in [4.69, 9.17) is 0 Å². The monoisotopic (exact) mass is 328 g/mol. The van der Waals surface area contributed by atoms with E-state index in [-0.39, 0.29) is 5.91 Å². The van der Waals surface area contributed by atoms with Gasteiger partial charge < -0.3 is 10.2 Å². The Morgan fingerprint density at radius 2 is 2.17 bits per heavy atom. The van der Waals surface area contributed by atoms with Gasteiger partial charge in [0.1, 0.15) is 0 Å². The van der Waals surface area contributed by atoms with E-state index in [2.05, 4.69) is 41.4 Å². The molecule has 0 aliphatic carbocycles. The molecule has 3 rings (SSSR count). The third kappa shape index (κ3) is 3.78. The molecule has 2 heterocycles. The van der Waals surface area contributed by atoms with Gasteiger partial charge in [-0.25, -0.2) is 0 Å². The smallest absolute Gasteiger partial charge is 0.220 e. The standard InChI is InChI=1S/C19H28N4O/c1-3-23-18-10-5-4-9-16(18)17(21-23)14-20-19(24)12-11-15-8-6-7-13-22(15)2/h4-5,9-10,15H,3,6-8,11-14H2,1-2H3,(H,20,24)/t15-/m0/s1. The number of hydrogen-bond donors (Lipinski definition) is 1. The van der Waals surface area contributed by atoms with Crippen LogP contribution in [0.15, 0.2) is 24.3 Å². The van der Waals surface area contributed by atoms with Crippen molar-refractivity contribution < 1.29 is 4.79 Å². The number of nitrogens with one attached hydrogen (secondary N) is 1. The largest absolute Gasteiger partial charge is 0.350 e. The molecule has 1 amide bonds. The first kappa shape index (κ1) is 17.0. The molecule has 1 aromatic carbocycles. The summed E-state index contributed by atoms with van der Waals surface area (Å²) in [5, 5.41) is 8.82. The highest BCUT2D eigenvalue weighted by Gasteiger charge is 2.19. The van der Waals surface area contributed by atoms with Crippen LogP contribution in [0.1, 0.15) is 44.7 Å². The van der Waals surface area contributed by atoms with Crippen LogP contribution in [0.25, 0.3) is 10.9 Å². The molecule has 1 fully saturated rings. The van der Waals surface area contributed by atoms with E-state index in [9.17, 15) is 4.79 Å². The molecule has 1 aliphatic rings. The molecule has 130 valence electrons. The molecule has 1 aromatic heterocycles. The Labute approximate surface area is 144 Å². The van der Waals surface area contributed by atoms with Crippen LogP contribution in [0.4, 0.5) is 0 Å². The number of para-hydroxylation sites is 1. The fraction of sp³-hybridized carbons (Fsp3) is 0.579. The van der Waals surface area contributed by atoms with E-state index in [1.807, 2.05) is 16.8 Å². The van der Waals surface area contributed by atoms with Gasteiger partial charge in [0.15, 0.2) is 0 Å². The Kier molecular flexibility index (Phi) is 5.51. The molecule has 0 bridgehead atoms. The van der Waals surface area contributed by atoms with Gasteiger partial charge in [0, 0.05) is 24.4 Å². The highest BCUT2D eigenvalue weighted by atomic mass is 16.1. The van der Waals surface area contributed by atoms with Crippen molar-refractivity contribution in [1.29, 1.82) is 0 Å². The third-order valence-electron chi connectivity index (χ3n) is 5.11. The fourth-order valence-corrected chi connectivity index (χ4v) is 3.65. The van der Waals surface area contributed by atoms with Gasteiger partial charge in [0.05, 0.1) is 17.8 Å². The van der Waals surface area contributed by atoms with Crippen molar-refractivity contribution in [3.8, 4) is 0 Å². The Bertz CT molecular complexity index is 694. The molecule has 1 N–H and O–H groups in total. The quantitative estimate of drug-likeness (QED) is 0.887. The van der Waals surface area contributed by atoms with Crippen LogP contribution >= 0.6 is 0 Å². The zero-order valence-electron chi connectivity index (χ0n) is 14.8. The number of aryl methyl sites for hydroxylation is 1. The first-order valence-corrected chi connectivity index (χ1v) is 9.10. The lowest BCUT2D eigenvalue weighted by Crippen LogP contribution is -2.37. The number of piperidine rings is 1. The first-order chi connectivity index (χ1) is 11.7. The van der Waals surface area contributed by atoms with Crippen molar-refractivity contribution in [3.63, 3.8) is 0 Å². The molecule has 1 saturated heterocycles. The minimum absolute atomic E-state index is 0.129. The number of amides is 1. The van der Waals surface area contributed by atoms with Gasteiger partial charge in [0.25, 0.3) is 0 Å². The highest BCUT2D eigenvalue weighted by molar-refractivity contribution is 5.82. The predicted molar refractivity (Wildman–Crippen MR) is 96.8 cm³/mol. The number of nitrogens with zero attached hydrogens (tertiary/aromatic N) is 3. The van der Waals surface area contributed by atoms with Gasteiger partial charge in [-0.15, -0.1) is 0 Å². The maximum absolute atomic E-state index is 12.2. The van der Waals surface area contributed by atoms with Gasteiger partial charge in [-0.05, 0) is 45.8 Å².